The zero-order chi connectivity index (χ0) is 13.1. The normalized spacial score (nSPS) is 10.5. The highest BCUT2D eigenvalue weighted by Crippen LogP contribution is 2.29. The van der Waals surface area contributed by atoms with Crippen molar-refractivity contribution in [3.63, 3.8) is 0 Å². The van der Waals surface area contributed by atoms with Gasteiger partial charge in [-0.15, -0.1) is 0 Å². The summed E-state index contributed by atoms with van der Waals surface area (Å²) < 4.78 is 5.02. The van der Waals surface area contributed by atoms with Gasteiger partial charge in [-0.2, -0.15) is 0 Å². The number of hydrogen-bond donors (Lipinski definition) is 2. The Labute approximate surface area is 103 Å². The van der Waals surface area contributed by atoms with Gasteiger partial charge in [0.25, 0.3) is 0 Å². The highest BCUT2D eigenvalue weighted by Gasteiger charge is 2.15. The van der Waals surface area contributed by atoms with E-state index in [1.807, 2.05) is 6.92 Å². The van der Waals surface area contributed by atoms with Gasteiger partial charge >= 0.3 is 5.63 Å². The molecule has 0 bridgehead atoms. The summed E-state index contributed by atoms with van der Waals surface area (Å²) in [6.07, 6.45) is 0.942. The van der Waals surface area contributed by atoms with E-state index in [0.717, 1.165) is 0 Å². The van der Waals surface area contributed by atoms with Gasteiger partial charge in [0.05, 0.1) is 5.39 Å². The van der Waals surface area contributed by atoms with E-state index < -0.39 is 5.63 Å². The van der Waals surface area contributed by atoms with Crippen LogP contribution in [0.4, 0.5) is 5.69 Å². The quantitative estimate of drug-likeness (QED) is 0.815. The van der Waals surface area contributed by atoms with Gasteiger partial charge in [-0.1, -0.05) is 19.1 Å². The maximum Gasteiger partial charge on any atom is 0.364 e. The predicted molar refractivity (Wildman–Crippen MR) is 67.7 cm³/mol. The van der Waals surface area contributed by atoms with Crippen LogP contribution in [0, 0.1) is 0 Å². The van der Waals surface area contributed by atoms with Crippen LogP contribution in [-0.4, -0.2) is 11.0 Å². The molecule has 0 saturated heterocycles. The van der Waals surface area contributed by atoms with Crippen molar-refractivity contribution in [3.05, 3.63) is 34.7 Å². The highest BCUT2D eigenvalue weighted by molar-refractivity contribution is 5.96. The Morgan fingerprint density at radius 2 is 2.11 bits per heavy atom. The summed E-state index contributed by atoms with van der Waals surface area (Å²) >= 11 is 0. The number of carbonyl (C=O) groups is 1. The second-order valence-corrected chi connectivity index (χ2v) is 3.91. The lowest BCUT2D eigenvalue weighted by Gasteiger charge is -2.07. The molecule has 1 amide bonds. The van der Waals surface area contributed by atoms with Gasteiger partial charge in [0, 0.05) is 6.42 Å². The summed E-state index contributed by atoms with van der Waals surface area (Å²) in [5.74, 6) is -0.582. The number of aromatic hydroxyl groups is 1. The maximum atomic E-state index is 11.7. The van der Waals surface area contributed by atoms with E-state index in [2.05, 4.69) is 5.32 Å². The third-order valence-corrected chi connectivity index (χ3v) is 2.53. The monoisotopic (exact) mass is 247 g/mol. The van der Waals surface area contributed by atoms with Gasteiger partial charge < -0.3 is 14.8 Å². The molecule has 0 fully saturated rings. The van der Waals surface area contributed by atoms with Crippen LogP contribution in [0.15, 0.2) is 33.5 Å². The summed E-state index contributed by atoms with van der Waals surface area (Å²) in [6, 6.07) is 6.59. The van der Waals surface area contributed by atoms with E-state index in [0.29, 0.717) is 11.8 Å². The molecule has 0 aliphatic carbocycles. The van der Waals surface area contributed by atoms with E-state index in [1.165, 1.54) is 0 Å². The van der Waals surface area contributed by atoms with Crippen LogP contribution in [0.3, 0.4) is 0 Å². The van der Waals surface area contributed by atoms with Gasteiger partial charge in [0.1, 0.15) is 5.58 Å². The lowest BCUT2D eigenvalue weighted by molar-refractivity contribution is -0.116. The van der Waals surface area contributed by atoms with Crippen molar-refractivity contribution in [1.29, 1.82) is 0 Å². The molecule has 5 heteroatoms. The fourth-order valence-electron chi connectivity index (χ4n) is 1.67. The first-order chi connectivity index (χ1) is 8.63. The van der Waals surface area contributed by atoms with Crippen LogP contribution in [-0.2, 0) is 4.79 Å². The van der Waals surface area contributed by atoms with Gasteiger partial charge in [-0.3, -0.25) is 4.79 Å². The summed E-state index contributed by atoms with van der Waals surface area (Å²) in [5, 5.41) is 12.7. The van der Waals surface area contributed by atoms with Crippen LogP contribution in [0.2, 0.25) is 0 Å². The second kappa shape index (κ2) is 4.91. The molecule has 1 heterocycles. The van der Waals surface area contributed by atoms with Crippen molar-refractivity contribution in [2.45, 2.75) is 19.8 Å². The Morgan fingerprint density at radius 1 is 1.39 bits per heavy atom. The van der Waals surface area contributed by atoms with E-state index in [9.17, 15) is 14.7 Å². The molecular weight excluding hydrogens is 234 g/mol. The molecule has 18 heavy (non-hydrogen) atoms. The Kier molecular flexibility index (Phi) is 3.32. The molecular formula is C13H13NO4. The van der Waals surface area contributed by atoms with Crippen molar-refractivity contribution in [2.24, 2.45) is 0 Å². The van der Waals surface area contributed by atoms with Crippen molar-refractivity contribution in [1.82, 2.24) is 0 Å². The molecule has 2 rings (SSSR count). The first-order valence-electron chi connectivity index (χ1n) is 5.68. The largest absolute Gasteiger partial charge is 0.505 e. The lowest BCUT2D eigenvalue weighted by Crippen LogP contribution is -2.17. The number of para-hydroxylation sites is 1. The van der Waals surface area contributed by atoms with Crippen LogP contribution < -0.4 is 10.9 Å². The number of nitrogens with one attached hydrogen (secondary N) is 1. The van der Waals surface area contributed by atoms with Crippen LogP contribution in [0.1, 0.15) is 19.8 Å². The number of hydrogen-bond acceptors (Lipinski definition) is 4. The standard InChI is InChI=1S/C13H13NO4/c1-2-5-10(15)14-11-12(16)8-6-3-4-7-9(8)18-13(11)17/h3-4,6-7,16H,2,5H2,1H3,(H,14,15). The fraction of sp³-hybridized carbons (Fsp3) is 0.231. The molecule has 0 spiro atoms. The zero-order valence-corrected chi connectivity index (χ0v) is 9.90. The van der Waals surface area contributed by atoms with Crippen LogP contribution in [0.25, 0.3) is 11.0 Å². The minimum atomic E-state index is -0.754. The molecule has 94 valence electrons. The highest BCUT2D eigenvalue weighted by atomic mass is 16.4. The predicted octanol–water partition coefficient (Wildman–Crippen LogP) is 2.24. The minimum Gasteiger partial charge on any atom is -0.505 e. The van der Waals surface area contributed by atoms with Gasteiger partial charge in [-0.05, 0) is 18.6 Å². The first kappa shape index (κ1) is 12.2. The van der Waals surface area contributed by atoms with Gasteiger partial charge in [0.2, 0.25) is 5.91 Å². The van der Waals surface area contributed by atoms with Crippen molar-refractivity contribution in [3.8, 4) is 5.75 Å². The van der Waals surface area contributed by atoms with Gasteiger partial charge in [-0.25, -0.2) is 4.79 Å². The Morgan fingerprint density at radius 3 is 2.83 bits per heavy atom. The van der Waals surface area contributed by atoms with Crippen LogP contribution in [0.5, 0.6) is 5.75 Å². The van der Waals surface area contributed by atoms with Gasteiger partial charge in [0.15, 0.2) is 11.4 Å². The number of amides is 1. The van der Waals surface area contributed by atoms with E-state index in [-0.39, 0.29) is 29.3 Å². The number of fused-ring (bicyclic) bond motifs is 1. The van der Waals surface area contributed by atoms with Crippen molar-refractivity contribution >= 4 is 22.6 Å². The Bertz CT molecular complexity index is 645. The van der Waals surface area contributed by atoms with Crippen molar-refractivity contribution in [2.75, 3.05) is 5.32 Å². The number of carbonyl (C=O) groups excluding carboxylic acids is 1. The molecule has 0 aliphatic rings. The molecule has 5 nitrogen and oxygen atoms in total. The first-order valence-corrected chi connectivity index (χ1v) is 5.68. The molecule has 0 atom stereocenters. The van der Waals surface area contributed by atoms with E-state index >= 15 is 0 Å². The average Bonchev–Trinajstić information content (AvgIpc) is 2.35. The fourth-order valence-corrected chi connectivity index (χ4v) is 1.67. The average molecular weight is 247 g/mol. The van der Waals surface area contributed by atoms with E-state index in [1.54, 1.807) is 24.3 Å². The second-order valence-electron chi connectivity index (χ2n) is 3.91. The molecule has 1 aromatic carbocycles. The lowest BCUT2D eigenvalue weighted by atomic mass is 10.2. The third-order valence-electron chi connectivity index (χ3n) is 2.53. The summed E-state index contributed by atoms with van der Waals surface area (Å²) in [4.78, 5) is 23.1. The Hall–Kier alpha value is -2.30. The molecule has 0 unspecified atom stereocenters. The maximum absolute atomic E-state index is 11.7. The van der Waals surface area contributed by atoms with Crippen LogP contribution >= 0.6 is 0 Å². The minimum absolute atomic E-state index is 0.202. The summed E-state index contributed by atoms with van der Waals surface area (Å²) in [5.41, 5.74) is -0.670. The molecule has 0 saturated carbocycles. The SMILES string of the molecule is CCCC(=O)Nc1c(O)c2ccccc2oc1=O. The molecule has 0 radical (unpaired) electrons. The summed E-state index contributed by atoms with van der Waals surface area (Å²) in [7, 11) is 0. The topological polar surface area (TPSA) is 79.5 Å². The number of rotatable bonds is 3. The molecule has 2 aromatic rings. The Balaban J connectivity index is 2.51. The zero-order valence-electron chi connectivity index (χ0n) is 9.90. The smallest absolute Gasteiger partial charge is 0.364 e. The van der Waals surface area contributed by atoms with E-state index in [4.69, 9.17) is 4.42 Å². The molecule has 2 N–H and O–H groups in total. The third kappa shape index (κ3) is 2.20. The summed E-state index contributed by atoms with van der Waals surface area (Å²) in [6.45, 7) is 1.85. The molecule has 1 aromatic heterocycles. The number of anilines is 1. The van der Waals surface area contributed by atoms with Crippen molar-refractivity contribution < 1.29 is 14.3 Å². The molecule has 0 aliphatic heterocycles. The number of benzene rings is 1.